The van der Waals surface area contributed by atoms with Crippen molar-refractivity contribution in [3.8, 4) is 0 Å². The van der Waals surface area contributed by atoms with Crippen molar-refractivity contribution in [3.05, 3.63) is 29.3 Å². The molecule has 100 valence electrons. The van der Waals surface area contributed by atoms with Crippen molar-refractivity contribution in [3.63, 3.8) is 0 Å². The van der Waals surface area contributed by atoms with Gasteiger partial charge in [0.25, 0.3) is 0 Å². The second kappa shape index (κ2) is 5.55. The fraction of sp³-hybridized carbons (Fsp3) is 0.562. The van der Waals surface area contributed by atoms with Crippen LogP contribution in [0.1, 0.15) is 51.7 Å². The lowest BCUT2D eigenvalue weighted by atomic mass is 9.97. The number of rotatable bonds is 0. The number of carbonyl (C=O) groups excluding carboxylic acids is 1. The molecule has 1 saturated carbocycles. The second-order valence-electron chi connectivity index (χ2n) is 4.47. The van der Waals surface area contributed by atoms with E-state index in [9.17, 15) is 4.79 Å². The Morgan fingerprint density at radius 2 is 1.67 bits per heavy atom. The van der Waals surface area contributed by atoms with Crippen LogP contribution in [0.3, 0.4) is 0 Å². The van der Waals surface area contributed by atoms with E-state index in [0.717, 1.165) is 18.5 Å². The van der Waals surface area contributed by atoms with Gasteiger partial charge in [0.15, 0.2) is 0 Å². The van der Waals surface area contributed by atoms with E-state index in [-0.39, 0.29) is 11.3 Å². The molecular formula is C16H25NO. The molecule has 1 heterocycles. The van der Waals surface area contributed by atoms with E-state index in [1.807, 2.05) is 39.6 Å². The van der Waals surface area contributed by atoms with Crippen LogP contribution < -0.4 is 4.90 Å². The molecule has 1 aromatic carbocycles. The Morgan fingerprint density at radius 1 is 1.11 bits per heavy atom. The third-order valence-electron chi connectivity index (χ3n) is 3.49. The first-order valence-corrected chi connectivity index (χ1v) is 7.04. The minimum Gasteiger partial charge on any atom is -0.314 e. The van der Waals surface area contributed by atoms with Crippen molar-refractivity contribution < 1.29 is 4.79 Å². The monoisotopic (exact) mass is 247 g/mol. The van der Waals surface area contributed by atoms with Crippen LogP contribution in [0.5, 0.6) is 0 Å². The number of anilines is 1. The highest BCUT2D eigenvalue weighted by atomic mass is 16.2. The number of aryl methyl sites for hydroxylation is 1. The van der Waals surface area contributed by atoms with Gasteiger partial charge < -0.3 is 4.90 Å². The molecule has 0 atom stereocenters. The van der Waals surface area contributed by atoms with Crippen molar-refractivity contribution in [2.75, 3.05) is 11.9 Å². The largest absolute Gasteiger partial charge is 0.314 e. The predicted molar refractivity (Wildman–Crippen MR) is 78.2 cm³/mol. The zero-order valence-electron chi connectivity index (χ0n) is 12.5. The number of carbonyl (C=O) groups is 1. The van der Waals surface area contributed by atoms with Gasteiger partial charge in [0, 0.05) is 12.7 Å². The summed E-state index contributed by atoms with van der Waals surface area (Å²) in [6, 6.07) is 6.34. The quantitative estimate of drug-likeness (QED) is 0.677. The van der Waals surface area contributed by atoms with Gasteiger partial charge >= 0.3 is 0 Å². The first-order chi connectivity index (χ1) is 8.65. The SMILES string of the molecule is CC.CC.Cc1ccc2c(c1)N(C)C(=O)C21CC1. The molecule has 0 radical (unpaired) electrons. The average molecular weight is 247 g/mol. The summed E-state index contributed by atoms with van der Waals surface area (Å²) in [6.07, 6.45) is 2.07. The van der Waals surface area contributed by atoms with Gasteiger partial charge in [0.05, 0.1) is 5.41 Å². The third-order valence-corrected chi connectivity index (χ3v) is 3.49. The lowest BCUT2D eigenvalue weighted by Gasteiger charge is -2.10. The van der Waals surface area contributed by atoms with Gasteiger partial charge in [0.1, 0.15) is 0 Å². The first kappa shape index (κ1) is 14.7. The molecule has 3 rings (SSSR count). The van der Waals surface area contributed by atoms with Gasteiger partial charge in [0.2, 0.25) is 5.91 Å². The number of hydrogen-bond donors (Lipinski definition) is 0. The molecule has 1 aliphatic carbocycles. The molecule has 2 nitrogen and oxygen atoms in total. The number of nitrogens with zero attached hydrogens (tertiary/aromatic N) is 1. The van der Waals surface area contributed by atoms with Crippen LogP contribution in [0.25, 0.3) is 0 Å². The maximum Gasteiger partial charge on any atom is 0.237 e. The van der Waals surface area contributed by atoms with Gasteiger partial charge in [-0.1, -0.05) is 39.8 Å². The Labute approximate surface area is 111 Å². The number of benzene rings is 1. The number of amides is 1. The Bertz CT molecular complexity index is 433. The molecule has 0 bridgehead atoms. The normalized spacial score (nSPS) is 17.4. The fourth-order valence-corrected chi connectivity index (χ4v) is 2.48. The fourth-order valence-electron chi connectivity index (χ4n) is 2.48. The van der Waals surface area contributed by atoms with Crippen molar-refractivity contribution in [2.24, 2.45) is 0 Å². The number of hydrogen-bond acceptors (Lipinski definition) is 1. The topological polar surface area (TPSA) is 20.3 Å². The summed E-state index contributed by atoms with van der Waals surface area (Å²) in [6.45, 7) is 10.1. The minimum absolute atomic E-state index is 0.113. The van der Waals surface area contributed by atoms with Crippen molar-refractivity contribution in [1.29, 1.82) is 0 Å². The zero-order chi connectivity index (χ0) is 13.9. The number of fused-ring (bicyclic) bond motifs is 2. The molecule has 0 N–H and O–H groups in total. The van der Waals surface area contributed by atoms with Gasteiger partial charge in [-0.05, 0) is 37.0 Å². The van der Waals surface area contributed by atoms with E-state index >= 15 is 0 Å². The second-order valence-corrected chi connectivity index (χ2v) is 4.47. The molecule has 1 aliphatic heterocycles. The average Bonchev–Trinajstić information content (AvgIpc) is 3.19. The Morgan fingerprint density at radius 3 is 2.17 bits per heavy atom. The Kier molecular flexibility index (Phi) is 4.55. The molecule has 2 aliphatic rings. The predicted octanol–water partition coefficient (Wildman–Crippen LogP) is 4.06. The third kappa shape index (κ3) is 2.05. The number of likely N-dealkylation sites (N-methyl/N-ethyl adjacent to an activating group) is 1. The summed E-state index contributed by atoms with van der Waals surface area (Å²) in [5, 5.41) is 0. The first-order valence-electron chi connectivity index (χ1n) is 7.04. The summed E-state index contributed by atoms with van der Waals surface area (Å²) >= 11 is 0. The Hall–Kier alpha value is -1.31. The van der Waals surface area contributed by atoms with Crippen LogP contribution in [0.2, 0.25) is 0 Å². The van der Waals surface area contributed by atoms with Crippen LogP contribution in [-0.2, 0) is 10.2 Å². The molecule has 2 heteroatoms. The van der Waals surface area contributed by atoms with Gasteiger partial charge in [-0.15, -0.1) is 0 Å². The highest BCUT2D eigenvalue weighted by molar-refractivity contribution is 6.09. The summed E-state index contributed by atoms with van der Waals surface area (Å²) in [5.41, 5.74) is 3.47. The molecule has 1 fully saturated rings. The highest BCUT2D eigenvalue weighted by Gasteiger charge is 2.58. The summed E-state index contributed by atoms with van der Waals surface area (Å²) in [5.74, 6) is 0.290. The minimum atomic E-state index is -0.113. The molecule has 1 aromatic rings. The lowest BCUT2D eigenvalue weighted by Crippen LogP contribution is -2.27. The van der Waals surface area contributed by atoms with Gasteiger partial charge in [-0.2, -0.15) is 0 Å². The van der Waals surface area contributed by atoms with Crippen molar-refractivity contribution >= 4 is 11.6 Å². The van der Waals surface area contributed by atoms with Crippen LogP contribution in [0.4, 0.5) is 5.69 Å². The van der Waals surface area contributed by atoms with Crippen molar-refractivity contribution in [2.45, 2.75) is 52.9 Å². The van der Waals surface area contributed by atoms with Crippen LogP contribution in [0, 0.1) is 6.92 Å². The molecule has 1 spiro atoms. The standard InChI is InChI=1S/C12H13NO.2C2H6/c1-8-3-4-9-10(7-8)13(2)11(14)12(9)5-6-12;2*1-2/h3-4,7H,5-6H2,1-2H3;2*1-2H3. The van der Waals surface area contributed by atoms with Crippen molar-refractivity contribution in [1.82, 2.24) is 0 Å². The smallest absolute Gasteiger partial charge is 0.237 e. The Balaban J connectivity index is 0.000000371. The summed E-state index contributed by atoms with van der Waals surface area (Å²) in [4.78, 5) is 13.8. The lowest BCUT2D eigenvalue weighted by molar-refractivity contribution is -0.119. The van der Waals surface area contributed by atoms with Crippen LogP contribution >= 0.6 is 0 Å². The zero-order valence-corrected chi connectivity index (χ0v) is 12.5. The van der Waals surface area contributed by atoms with E-state index in [0.29, 0.717) is 0 Å². The van der Waals surface area contributed by atoms with E-state index in [1.54, 1.807) is 0 Å². The van der Waals surface area contributed by atoms with Gasteiger partial charge in [-0.3, -0.25) is 4.79 Å². The van der Waals surface area contributed by atoms with E-state index in [2.05, 4.69) is 25.1 Å². The van der Waals surface area contributed by atoms with Gasteiger partial charge in [-0.25, -0.2) is 0 Å². The highest BCUT2D eigenvalue weighted by Crippen LogP contribution is 2.56. The molecule has 0 saturated heterocycles. The maximum atomic E-state index is 12.0. The van der Waals surface area contributed by atoms with E-state index < -0.39 is 0 Å². The molecule has 1 amide bonds. The van der Waals surface area contributed by atoms with E-state index in [1.165, 1.54) is 11.1 Å². The molecule has 0 unspecified atom stereocenters. The summed E-state index contributed by atoms with van der Waals surface area (Å²) < 4.78 is 0. The summed E-state index contributed by atoms with van der Waals surface area (Å²) in [7, 11) is 1.88. The maximum absolute atomic E-state index is 12.0. The van der Waals surface area contributed by atoms with Crippen LogP contribution in [0.15, 0.2) is 18.2 Å². The van der Waals surface area contributed by atoms with Crippen LogP contribution in [-0.4, -0.2) is 13.0 Å². The molecule has 0 aromatic heterocycles. The van der Waals surface area contributed by atoms with E-state index in [4.69, 9.17) is 0 Å². The molecular weight excluding hydrogens is 222 g/mol. The molecule has 18 heavy (non-hydrogen) atoms.